The van der Waals surface area contributed by atoms with E-state index >= 15 is 0 Å². The Hall–Kier alpha value is -1.02. The molecule has 78 valence electrons. The van der Waals surface area contributed by atoms with Crippen LogP contribution in [0.5, 0.6) is 5.75 Å². The smallest absolute Gasteiger partial charge is 0.127 e. The highest BCUT2D eigenvalue weighted by Crippen LogP contribution is 2.31. The van der Waals surface area contributed by atoms with Gasteiger partial charge in [-0.1, -0.05) is 18.6 Å². The van der Waals surface area contributed by atoms with Gasteiger partial charge in [0.2, 0.25) is 0 Å². The third-order valence-corrected chi connectivity index (χ3v) is 2.40. The second-order valence-electron chi connectivity index (χ2n) is 3.63. The van der Waals surface area contributed by atoms with E-state index < -0.39 is 6.10 Å². The van der Waals surface area contributed by atoms with Crippen molar-refractivity contribution in [3.63, 3.8) is 0 Å². The number of methoxy groups -OCH3 is 1. The summed E-state index contributed by atoms with van der Waals surface area (Å²) in [6, 6.07) is 4.05. The number of aryl methyl sites for hydroxylation is 2. The van der Waals surface area contributed by atoms with Crippen LogP contribution in [0.2, 0.25) is 0 Å². The third kappa shape index (κ3) is 2.07. The van der Waals surface area contributed by atoms with Gasteiger partial charge in [-0.2, -0.15) is 0 Å². The summed E-state index contributed by atoms with van der Waals surface area (Å²) in [5.41, 5.74) is 3.13. The minimum Gasteiger partial charge on any atom is -0.496 e. The van der Waals surface area contributed by atoms with Crippen LogP contribution in [0.25, 0.3) is 0 Å². The van der Waals surface area contributed by atoms with Gasteiger partial charge in [0.15, 0.2) is 0 Å². The van der Waals surface area contributed by atoms with Gasteiger partial charge in [0.1, 0.15) is 5.75 Å². The normalized spacial score (nSPS) is 12.6. The molecule has 1 aromatic rings. The summed E-state index contributed by atoms with van der Waals surface area (Å²) < 4.78 is 5.29. The number of ether oxygens (including phenoxy) is 1. The Labute approximate surface area is 85.5 Å². The lowest BCUT2D eigenvalue weighted by Gasteiger charge is -2.16. The van der Waals surface area contributed by atoms with Gasteiger partial charge in [0.05, 0.1) is 13.2 Å². The molecule has 1 N–H and O–H groups in total. The van der Waals surface area contributed by atoms with Gasteiger partial charge in [0, 0.05) is 5.56 Å². The van der Waals surface area contributed by atoms with E-state index in [2.05, 4.69) is 6.07 Å². The van der Waals surface area contributed by atoms with Crippen LogP contribution in [-0.2, 0) is 0 Å². The average molecular weight is 194 g/mol. The van der Waals surface area contributed by atoms with E-state index in [1.54, 1.807) is 7.11 Å². The maximum atomic E-state index is 9.81. The summed E-state index contributed by atoms with van der Waals surface area (Å²) in [6.07, 6.45) is 0.280. The Bertz CT molecular complexity index is 318. The van der Waals surface area contributed by atoms with Gasteiger partial charge in [-0.15, -0.1) is 0 Å². The standard InChI is InChI=1S/C12H18O2/c1-5-11(13)10-7-8(2)6-9(3)12(10)14-4/h6-7,11,13H,5H2,1-4H3. The SMILES string of the molecule is CCC(O)c1cc(C)cc(C)c1OC. The summed E-state index contributed by atoms with van der Waals surface area (Å²) in [7, 11) is 1.64. The molecule has 1 aromatic carbocycles. The van der Waals surface area contributed by atoms with E-state index in [0.29, 0.717) is 6.42 Å². The first-order chi connectivity index (χ1) is 6.60. The zero-order valence-corrected chi connectivity index (χ0v) is 9.29. The van der Waals surface area contributed by atoms with Crippen LogP contribution >= 0.6 is 0 Å². The molecule has 0 saturated carbocycles. The van der Waals surface area contributed by atoms with Gasteiger partial charge in [-0.05, 0) is 31.9 Å². The predicted molar refractivity (Wildman–Crippen MR) is 57.7 cm³/mol. The molecule has 2 nitrogen and oxygen atoms in total. The lowest BCUT2D eigenvalue weighted by molar-refractivity contribution is 0.169. The summed E-state index contributed by atoms with van der Waals surface area (Å²) in [4.78, 5) is 0. The molecular weight excluding hydrogens is 176 g/mol. The van der Waals surface area contributed by atoms with E-state index in [9.17, 15) is 5.11 Å². The van der Waals surface area contributed by atoms with Gasteiger partial charge in [-0.3, -0.25) is 0 Å². The second-order valence-corrected chi connectivity index (χ2v) is 3.63. The monoisotopic (exact) mass is 194 g/mol. The van der Waals surface area contributed by atoms with Crippen molar-refractivity contribution in [3.05, 3.63) is 28.8 Å². The molecule has 14 heavy (non-hydrogen) atoms. The van der Waals surface area contributed by atoms with Crippen LogP contribution in [-0.4, -0.2) is 12.2 Å². The van der Waals surface area contributed by atoms with Gasteiger partial charge < -0.3 is 9.84 Å². The van der Waals surface area contributed by atoms with Crippen molar-refractivity contribution in [2.45, 2.75) is 33.3 Å². The van der Waals surface area contributed by atoms with Crippen molar-refractivity contribution in [2.24, 2.45) is 0 Å². The fourth-order valence-corrected chi connectivity index (χ4v) is 1.73. The molecule has 0 fully saturated rings. The maximum Gasteiger partial charge on any atom is 0.127 e. The number of hydrogen-bond acceptors (Lipinski definition) is 2. The Kier molecular flexibility index (Phi) is 3.53. The van der Waals surface area contributed by atoms with Gasteiger partial charge in [-0.25, -0.2) is 0 Å². The molecule has 2 heteroatoms. The zero-order valence-electron chi connectivity index (χ0n) is 9.29. The van der Waals surface area contributed by atoms with Crippen LogP contribution in [0.4, 0.5) is 0 Å². The largest absolute Gasteiger partial charge is 0.496 e. The number of benzene rings is 1. The van der Waals surface area contributed by atoms with Crippen molar-refractivity contribution in [3.8, 4) is 5.75 Å². The Morgan fingerprint density at radius 3 is 2.50 bits per heavy atom. The van der Waals surface area contributed by atoms with Crippen LogP contribution < -0.4 is 4.74 Å². The number of hydrogen-bond donors (Lipinski definition) is 1. The molecule has 0 aromatic heterocycles. The van der Waals surface area contributed by atoms with Crippen molar-refractivity contribution >= 4 is 0 Å². The van der Waals surface area contributed by atoms with Crippen LogP contribution in [0.3, 0.4) is 0 Å². The highest BCUT2D eigenvalue weighted by Gasteiger charge is 2.13. The lowest BCUT2D eigenvalue weighted by atomic mass is 10.00. The summed E-state index contributed by atoms with van der Waals surface area (Å²) in [5, 5.41) is 9.81. The summed E-state index contributed by atoms with van der Waals surface area (Å²) in [6.45, 7) is 5.98. The summed E-state index contributed by atoms with van der Waals surface area (Å²) >= 11 is 0. The highest BCUT2D eigenvalue weighted by atomic mass is 16.5. The number of rotatable bonds is 3. The van der Waals surface area contributed by atoms with Crippen LogP contribution in [0.15, 0.2) is 12.1 Å². The maximum absolute atomic E-state index is 9.81. The molecule has 0 saturated heterocycles. The molecule has 0 spiro atoms. The first-order valence-corrected chi connectivity index (χ1v) is 4.93. The fourth-order valence-electron chi connectivity index (χ4n) is 1.73. The predicted octanol–water partition coefficient (Wildman–Crippen LogP) is 2.76. The van der Waals surface area contributed by atoms with E-state index in [0.717, 1.165) is 22.4 Å². The number of aliphatic hydroxyl groups is 1. The molecule has 0 radical (unpaired) electrons. The third-order valence-electron chi connectivity index (χ3n) is 2.40. The molecule has 0 heterocycles. The summed E-state index contributed by atoms with van der Waals surface area (Å²) in [5.74, 6) is 0.810. The lowest BCUT2D eigenvalue weighted by Crippen LogP contribution is -2.01. The molecule has 1 rings (SSSR count). The van der Waals surface area contributed by atoms with Crippen LogP contribution in [0.1, 0.15) is 36.1 Å². The van der Waals surface area contributed by atoms with Gasteiger partial charge >= 0.3 is 0 Å². The van der Waals surface area contributed by atoms with E-state index in [-0.39, 0.29) is 0 Å². The first-order valence-electron chi connectivity index (χ1n) is 4.93. The molecule has 1 atom stereocenters. The van der Waals surface area contributed by atoms with Gasteiger partial charge in [0.25, 0.3) is 0 Å². The molecule has 0 bridgehead atoms. The van der Waals surface area contributed by atoms with Crippen LogP contribution in [0, 0.1) is 13.8 Å². The van der Waals surface area contributed by atoms with Crippen molar-refractivity contribution in [1.82, 2.24) is 0 Å². The Morgan fingerprint density at radius 1 is 1.36 bits per heavy atom. The first kappa shape index (κ1) is 11.1. The molecule has 0 aliphatic rings. The number of aliphatic hydroxyl groups excluding tert-OH is 1. The van der Waals surface area contributed by atoms with Crippen molar-refractivity contribution in [1.29, 1.82) is 0 Å². The Balaban J connectivity index is 3.24. The average Bonchev–Trinajstić information content (AvgIpc) is 2.15. The second kappa shape index (κ2) is 4.47. The van der Waals surface area contributed by atoms with E-state index in [1.807, 2.05) is 26.8 Å². The zero-order chi connectivity index (χ0) is 10.7. The quantitative estimate of drug-likeness (QED) is 0.801. The van der Waals surface area contributed by atoms with E-state index in [1.165, 1.54) is 0 Å². The molecule has 0 aliphatic heterocycles. The minimum absolute atomic E-state index is 0.427. The highest BCUT2D eigenvalue weighted by molar-refractivity contribution is 5.44. The molecule has 1 unspecified atom stereocenters. The van der Waals surface area contributed by atoms with Crippen molar-refractivity contribution < 1.29 is 9.84 Å². The minimum atomic E-state index is -0.427. The fraction of sp³-hybridized carbons (Fsp3) is 0.500. The van der Waals surface area contributed by atoms with Crippen molar-refractivity contribution in [2.75, 3.05) is 7.11 Å². The topological polar surface area (TPSA) is 29.5 Å². The molecular formula is C12H18O2. The molecule has 0 aliphatic carbocycles. The van der Waals surface area contributed by atoms with E-state index in [4.69, 9.17) is 4.74 Å². The molecule has 0 amide bonds. The Morgan fingerprint density at radius 2 is 2.00 bits per heavy atom.